The fourth-order valence-electron chi connectivity index (χ4n) is 2.85. The maximum atomic E-state index is 12.4. The smallest absolute Gasteiger partial charge is 0.239 e. The van der Waals surface area contributed by atoms with Crippen LogP contribution >= 0.6 is 0 Å². The quantitative estimate of drug-likeness (QED) is 0.765. The minimum absolute atomic E-state index is 0.0163. The molecule has 0 aromatic heterocycles. The molecule has 2 atom stereocenters. The van der Waals surface area contributed by atoms with E-state index in [1.165, 1.54) is 6.42 Å². The molecule has 2 saturated heterocycles. The number of carbonyl (C=O) groups excluding carboxylic acids is 1. The van der Waals surface area contributed by atoms with Crippen molar-refractivity contribution in [3.8, 4) is 0 Å². The van der Waals surface area contributed by atoms with Crippen LogP contribution in [0.15, 0.2) is 0 Å². The van der Waals surface area contributed by atoms with Crippen molar-refractivity contribution in [3.63, 3.8) is 0 Å². The molecule has 2 unspecified atom stereocenters. The van der Waals surface area contributed by atoms with Crippen LogP contribution in [0.2, 0.25) is 0 Å². The summed E-state index contributed by atoms with van der Waals surface area (Å²) in [6, 6.07) is -0.0163. The molecule has 5 heteroatoms. The van der Waals surface area contributed by atoms with Gasteiger partial charge < -0.3 is 15.4 Å². The van der Waals surface area contributed by atoms with E-state index in [-0.39, 0.29) is 11.9 Å². The van der Waals surface area contributed by atoms with E-state index >= 15 is 0 Å². The van der Waals surface area contributed by atoms with Crippen molar-refractivity contribution in [1.82, 2.24) is 9.80 Å². The second kappa shape index (κ2) is 6.50. The summed E-state index contributed by atoms with van der Waals surface area (Å²) in [5.74, 6) is 0.801. The number of hydrogen-bond donors (Lipinski definition) is 1. The molecule has 18 heavy (non-hydrogen) atoms. The van der Waals surface area contributed by atoms with E-state index in [2.05, 4.69) is 4.90 Å². The molecule has 2 aliphatic rings. The van der Waals surface area contributed by atoms with Gasteiger partial charge in [0.05, 0.1) is 19.3 Å². The van der Waals surface area contributed by atoms with Crippen LogP contribution in [0.1, 0.15) is 19.8 Å². The van der Waals surface area contributed by atoms with Gasteiger partial charge in [-0.1, -0.05) is 0 Å². The van der Waals surface area contributed by atoms with E-state index in [1.807, 2.05) is 11.8 Å². The molecule has 0 radical (unpaired) electrons. The van der Waals surface area contributed by atoms with Crippen LogP contribution in [-0.4, -0.2) is 67.7 Å². The molecule has 0 bridgehead atoms. The first-order chi connectivity index (χ1) is 8.72. The molecule has 0 aromatic rings. The first-order valence-corrected chi connectivity index (χ1v) is 7.03. The third-order valence-electron chi connectivity index (χ3n) is 4.11. The summed E-state index contributed by atoms with van der Waals surface area (Å²) in [4.78, 5) is 16.6. The molecule has 2 rings (SSSR count). The van der Waals surface area contributed by atoms with Gasteiger partial charge in [-0.2, -0.15) is 0 Å². The highest BCUT2D eigenvalue weighted by Gasteiger charge is 2.30. The zero-order valence-electron chi connectivity index (χ0n) is 11.3. The second-order valence-electron chi connectivity index (χ2n) is 5.35. The predicted octanol–water partition coefficient (Wildman–Crippen LogP) is -0.0956. The van der Waals surface area contributed by atoms with Gasteiger partial charge in [-0.15, -0.1) is 0 Å². The van der Waals surface area contributed by atoms with Crippen molar-refractivity contribution in [2.75, 3.05) is 45.9 Å². The number of rotatable bonds is 3. The fourth-order valence-corrected chi connectivity index (χ4v) is 2.85. The first kappa shape index (κ1) is 13.8. The number of piperidine rings is 1. The Kier molecular flexibility index (Phi) is 4.97. The Morgan fingerprint density at radius 3 is 2.78 bits per heavy atom. The van der Waals surface area contributed by atoms with Crippen molar-refractivity contribution in [2.45, 2.75) is 25.8 Å². The van der Waals surface area contributed by atoms with Crippen LogP contribution in [0.4, 0.5) is 0 Å². The Hall–Kier alpha value is -0.650. The van der Waals surface area contributed by atoms with Crippen LogP contribution in [0.3, 0.4) is 0 Å². The minimum Gasteiger partial charge on any atom is -0.378 e. The molecule has 104 valence electrons. The van der Waals surface area contributed by atoms with E-state index in [0.29, 0.717) is 19.1 Å². The summed E-state index contributed by atoms with van der Waals surface area (Å²) in [5, 5.41) is 0. The average molecular weight is 255 g/mol. The lowest BCUT2D eigenvalue weighted by Crippen LogP contribution is -2.53. The highest BCUT2D eigenvalue weighted by atomic mass is 16.5. The molecule has 2 N–H and O–H groups in total. The van der Waals surface area contributed by atoms with Crippen molar-refractivity contribution < 1.29 is 9.53 Å². The Morgan fingerprint density at radius 1 is 1.39 bits per heavy atom. The number of nitrogens with two attached hydrogens (primary N) is 1. The van der Waals surface area contributed by atoms with Crippen LogP contribution in [0.25, 0.3) is 0 Å². The Balaban J connectivity index is 1.88. The molecule has 2 aliphatic heterocycles. The molecule has 5 nitrogen and oxygen atoms in total. The highest BCUT2D eigenvalue weighted by molar-refractivity contribution is 5.81. The van der Waals surface area contributed by atoms with Gasteiger partial charge >= 0.3 is 0 Å². The SMILES string of the molecule is CC(C(=O)N1CCOCC1)N1CCCC(CN)C1. The number of amides is 1. The van der Waals surface area contributed by atoms with Gasteiger partial charge in [-0.05, 0) is 38.8 Å². The van der Waals surface area contributed by atoms with Gasteiger partial charge in [0.25, 0.3) is 0 Å². The number of carbonyl (C=O) groups is 1. The Bertz CT molecular complexity index is 279. The average Bonchev–Trinajstić information content (AvgIpc) is 2.46. The maximum absolute atomic E-state index is 12.4. The fraction of sp³-hybridized carbons (Fsp3) is 0.923. The molecule has 1 amide bonds. The zero-order valence-corrected chi connectivity index (χ0v) is 11.3. The van der Waals surface area contributed by atoms with Gasteiger partial charge in [0.1, 0.15) is 0 Å². The summed E-state index contributed by atoms with van der Waals surface area (Å²) in [7, 11) is 0. The van der Waals surface area contributed by atoms with Crippen molar-refractivity contribution in [1.29, 1.82) is 0 Å². The number of likely N-dealkylation sites (tertiary alicyclic amines) is 1. The number of hydrogen-bond acceptors (Lipinski definition) is 4. The van der Waals surface area contributed by atoms with E-state index in [0.717, 1.165) is 39.1 Å². The summed E-state index contributed by atoms with van der Waals surface area (Å²) < 4.78 is 5.29. The van der Waals surface area contributed by atoms with Gasteiger partial charge in [-0.3, -0.25) is 9.69 Å². The van der Waals surface area contributed by atoms with Crippen molar-refractivity contribution in [3.05, 3.63) is 0 Å². The van der Waals surface area contributed by atoms with Gasteiger partial charge in [0.2, 0.25) is 5.91 Å². The molecule has 0 aliphatic carbocycles. The minimum atomic E-state index is -0.0163. The second-order valence-corrected chi connectivity index (χ2v) is 5.35. The first-order valence-electron chi connectivity index (χ1n) is 7.03. The molecular formula is C13H25N3O2. The number of nitrogens with zero attached hydrogens (tertiary/aromatic N) is 2. The van der Waals surface area contributed by atoms with Crippen LogP contribution in [0, 0.1) is 5.92 Å². The molecule has 2 fully saturated rings. The monoisotopic (exact) mass is 255 g/mol. The number of morpholine rings is 1. The molecule has 0 aromatic carbocycles. The van der Waals surface area contributed by atoms with E-state index in [4.69, 9.17) is 10.5 Å². The topological polar surface area (TPSA) is 58.8 Å². The van der Waals surface area contributed by atoms with Crippen LogP contribution < -0.4 is 5.73 Å². The van der Waals surface area contributed by atoms with Crippen LogP contribution in [0.5, 0.6) is 0 Å². The third-order valence-corrected chi connectivity index (χ3v) is 4.11. The molecule has 0 spiro atoms. The maximum Gasteiger partial charge on any atom is 0.239 e. The highest BCUT2D eigenvalue weighted by Crippen LogP contribution is 2.18. The summed E-state index contributed by atoms with van der Waals surface area (Å²) >= 11 is 0. The van der Waals surface area contributed by atoms with E-state index in [1.54, 1.807) is 0 Å². The van der Waals surface area contributed by atoms with E-state index in [9.17, 15) is 4.79 Å². The predicted molar refractivity (Wildman–Crippen MR) is 70.2 cm³/mol. The summed E-state index contributed by atoms with van der Waals surface area (Å²) in [5.41, 5.74) is 5.75. The lowest BCUT2D eigenvalue weighted by atomic mass is 9.97. The van der Waals surface area contributed by atoms with Gasteiger partial charge in [0.15, 0.2) is 0 Å². The molecular weight excluding hydrogens is 230 g/mol. The van der Waals surface area contributed by atoms with Gasteiger partial charge in [-0.25, -0.2) is 0 Å². The third kappa shape index (κ3) is 3.22. The van der Waals surface area contributed by atoms with E-state index < -0.39 is 0 Å². The lowest BCUT2D eigenvalue weighted by Gasteiger charge is -2.38. The van der Waals surface area contributed by atoms with Crippen molar-refractivity contribution in [2.24, 2.45) is 11.7 Å². The normalized spacial score (nSPS) is 28.1. The largest absolute Gasteiger partial charge is 0.378 e. The summed E-state index contributed by atoms with van der Waals surface area (Å²) in [6.07, 6.45) is 2.36. The lowest BCUT2D eigenvalue weighted by molar-refractivity contribution is -0.141. The van der Waals surface area contributed by atoms with Crippen LogP contribution in [-0.2, 0) is 9.53 Å². The zero-order chi connectivity index (χ0) is 13.0. The van der Waals surface area contributed by atoms with Crippen molar-refractivity contribution >= 4 is 5.91 Å². The Morgan fingerprint density at radius 2 is 2.11 bits per heavy atom. The number of ether oxygens (including phenoxy) is 1. The van der Waals surface area contributed by atoms with Gasteiger partial charge in [0, 0.05) is 19.6 Å². The summed E-state index contributed by atoms with van der Waals surface area (Å²) in [6.45, 7) is 7.55. The Labute approximate surface area is 109 Å². The molecule has 2 heterocycles. The standard InChI is InChI=1S/C13H25N3O2/c1-11(13(17)15-5-7-18-8-6-15)16-4-2-3-12(9-14)10-16/h11-12H,2-10,14H2,1H3. The molecule has 0 saturated carbocycles.